The monoisotopic (exact) mass is 751 g/mol. The zero-order valence-electron chi connectivity index (χ0n) is 28.4. The number of nitrogens with zero attached hydrogens (tertiary/aromatic N) is 8. The summed E-state index contributed by atoms with van der Waals surface area (Å²) in [5.41, 5.74) is -1.96. The molecule has 2 amide bonds. The summed E-state index contributed by atoms with van der Waals surface area (Å²) in [4.78, 5) is 31.8. The number of hydrogen-bond donors (Lipinski definition) is 3. The maximum atomic E-state index is 14.4. The molecule has 14 nitrogen and oxygen atoms in total. The Morgan fingerprint density at radius 1 is 1.12 bits per heavy atom. The van der Waals surface area contributed by atoms with Crippen molar-refractivity contribution in [1.29, 1.82) is 5.41 Å². The molecule has 0 saturated heterocycles. The van der Waals surface area contributed by atoms with Crippen molar-refractivity contribution in [2.45, 2.75) is 64.2 Å². The number of benzene rings is 2. The molecule has 0 aliphatic heterocycles. The summed E-state index contributed by atoms with van der Waals surface area (Å²) >= 11 is 6.41. The molecule has 0 spiro atoms. The molecule has 5 rings (SSSR count). The minimum absolute atomic E-state index is 0.0421. The van der Waals surface area contributed by atoms with Gasteiger partial charge in [-0.3, -0.25) is 15.1 Å². The number of guanidine groups is 1. The predicted molar refractivity (Wildman–Crippen MR) is 177 cm³/mol. The number of rotatable bonds is 11. The van der Waals surface area contributed by atoms with Crippen molar-refractivity contribution >= 4 is 29.6 Å². The van der Waals surface area contributed by atoms with Crippen molar-refractivity contribution in [3.8, 4) is 17.1 Å². The quantitative estimate of drug-likeness (QED) is 0.0944. The first-order chi connectivity index (χ1) is 24.4. The summed E-state index contributed by atoms with van der Waals surface area (Å²) < 4.78 is 76.1. The van der Waals surface area contributed by atoms with Crippen LogP contribution in [0.2, 0.25) is 5.02 Å². The molecule has 4 aromatic rings. The Labute approximate surface area is 299 Å². The van der Waals surface area contributed by atoms with Crippen LogP contribution < -0.4 is 10.6 Å². The highest BCUT2D eigenvalue weighted by molar-refractivity contribution is 6.32. The molecule has 278 valence electrons. The van der Waals surface area contributed by atoms with Crippen molar-refractivity contribution in [3.05, 3.63) is 70.8 Å². The highest BCUT2D eigenvalue weighted by Crippen LogP contribution is 2.49. The van der Waals surface area contributed by atoms with Gasteiger partial charge >= 0.3 is 12.3 Å². The lowest BCUT2D eigenvalue weighted by molar-refractivity contribution is -0.164. The molecular weight excluding hydrogens is 717 g/mol. The fourth-order valence-corrected chi connectivity index (χ4v) is 5.41. The Morgan fingerprint density at radius 3 is 2.38 bits per heavy atom. The number of hydrogen-bond acceptors (Lipinski definition) is 9. The summed E-state index contributed by atoms with van der Waals surface area (Å²) in [6.07, 6.45) is -8.41. The summed E-state index contributed by atoms with van der Waals surface area (Å²) in [6, 6.07) is 8.69. The highest BCUT2D eigenvalue weighted by atomic mass is 35.5. The molecule has 2 aromatic carbocycles. The molecule has 0 unspecified atom stereocenters. The van der Waals surface area contributed by atoms with Crippen LogP contribution in [0.3, 0.4) is 0 Å². The zero-order chi connectivity index (χ0) is 38.0. The summed E-state index contributed by atoms with van der Waals surface area (Å²) in [5.74, 6) is -1.55. The van der Waals surface area contributed by atoms with E-state index in [9.17, 15) is 31.5 Å². The van der Waals surface area contributed by atoms with Gasteiger partial charge in [0, 0.05) is 24.7 Å². The van der Waals surface area contributed by atoms with Gasteiger partial charge in [-0.15, -0.1) is 5.10 Å². The fourth-order valence-electron chi connectivity index (χ4n) is 5.21. The SMILES string of the molecule is Cn1nnnc1-c1ccc(C(=O)N(C(=N)NCCC(C)(C)C)[C@H](COC(=O)NC2(C(F)(F)F)CC2)c2ccc(Cl)c(-n3ncnc3C(F)F)c2)cc1. The minimum Gasteiger partial charge on any atom is -0.447 e. The van der Waals surface area contributed by atoms with Crippen LogP contribution in [0.4, 0.5) is 26.7 Å². The summed E-state index contributed by atoms with van der Waals surface area (Å²) in [7, 11) is 1.63. The average molecular weight is 752 g/mol. The first-order valence-corrected chi connectivity index (χ1v) is 16.3. The van der Waals surface area contributed by atoms with Crippen molar-refractivity contribution in [1.82, 2.24) is 50.5 Å². The number of alkyl halides is 5. The van der Waals surface area contributed by atoms with E-state index < -0.39 is 54.6 Å². The molecule has 2 heterocycles. The van der Waals surface area contributed by atoms with Gasteiger partial charge in [-0.2, -0.15) is 18.3 Å². The van der Waals surface area contributed by atoms with E-state index in [0.717, 1.165) is 15.9 Å². The molecule has 52 heavy (non-hydrogen) atoms. The molecular formula is C32H35ClF5N11O3. The van der Waals surface area contributed by atoms with Crippen LogP contribution in [0.5, 0.6) is 0 Å². The van der Waals surface area contributed by atoms with E-state index in [1.807, 2.05) is 26.1 Å². The molecule has 1 saturated carbocycles. The normalized spacial score (nSPS) is 14.5. The minimum atomic E-state index is -4.73. The van der Waals surface area contributed by atoms with E-state index in [0.29, 0.717) is 17.8 Å². The van der Waals surface area contributed by atoms with Gasteiger partial charge in [-0.05, 0) is 64.9 Å². The Balaban J connectivity index is 1.56. The van der Waals surface area contributed by atoms with E-state index in [1.165, 1.54) is 35.0 Å². The van der Waals surface area contributed by atoms with E-state index >= 15 is 0 Å². The Morgan fingerprint density at radius 2 is 1.81 bits per heavy atom. The van der Waals surface area contributed by atoms with Crippen LogP contribution in [0.15, 0.2) is 48.8 Å². The van der Waals surface area contributed by atoms with E-state index in [2.05, 4.69) is 30.9 Å². The molecule has 2 aromatic heterocycles. The molecule has 0 radical (unpaired) electrons. The second kappa shape index (κ2) is 14.8. The van der Waals surface area contributed by atoms with E-state index in [-0.39, 0.29) is 46.6 Å². The van der Waals surface area contributed by atoms with Crippen molar-refractivity contribution in [3.63, 3.8) is 0 Å². The van der Waals surface area contributed by atoms with Crippen LogP contribution in [0.25, 0.3) is 17.1 Å². The largest absolute Gasteiger partial charge is 0.447 e. The Kier molecular flexibility index (Phi) is 10.8. The fraction of sp³-hybridized carbons (Fsp3) is 0.438. The number of carbonyl (C=O) groups is 2. The van der Waals surface area contributed by atoms with Crippen LogP contribution in [0, 0.1) is 10.8 Å². The zero-order valence-corrected chi connectivity index (χ0v) is 29.1. The van der Waals surface area contributed by atoms with Crippen LogP contribution in [-0.2, 0) is 11.8 Å². The molecule has 1 fully saturated rings. The average Bonchev–Trinajstić information content (AvgIpc) is 3.48. The smallest absolute Gasteiger partial charge is 0.411 e. The summed E-state index contributed by atoms with van der Waals surface area (Å²) in [5, 5.41) is 29.0. The maximum Gasteiger partial charge on any atom is 0.411 e. The lowest BCUT2D eigenvalue weighted by Crippen LogP contribution is -2.50. The number of amides is 2. The van der Waals surface area contributed by atoms with Gasteiger partial charge in [0.25, 0.3) is 12.3 Å². The first kappa shape index (κ1) is 38.0. The topological polar surface area (TPSA) is 169 Å². The molecule has 1 atom stereocenters. The number of aryl methyl sites for hydroxylation is 1. The standard InChI is InChI=1S/C32H35ClF5N11O3/c1-30(2,3)13-14-40-28(39)48(27(50)19-7-5-18(6-8-19)25-44-45-46-47(25)4)23(16-52-29(51)43-31(11-12-31)32(36,37)38)20-9-10-21(33)22(15-20)49-26(24(34)35)41-17-42-49/h5-10,15,17,23-24H,11-14,16H2,1-4H3,(H2,39,40)(H,43,51)/t23-/m1/s1. The first-order valence-electron chi connectivity index (χ1n) is 15.9. The third kappa shape index (κ3) is 8.46. The predicted octanol–water partition coefficient (Wildman–Crippen LogP) is 6.01. The number of carbonyl (C=O) groups excluding carboxylic acids is 2. The second-order valence-corrected chi connectivity index (χ2v) is 13.7. The molecule has 20 heteroatoms. The maximum absolute atomic E-state index is 14.4. The number of nitrogens with one attached hydrogen (secondary N) is 3. The molecule has 1 aliphatic rings. The van der Waals surface area contributed by atoms with Gasteiger partial charge in [0.2, 0.25) is 0 Å². The van der Waals surface area contributed by atoms with Gasteiger partial charge in [-0.25, -0.2) is 27.9 Å². The van der Waals surface area contributed by atoms with Crippen molar-refractivity contribution < 1.29 is 36.3 Å². The van der Waals surface area contributed by atoms with Gasteiger partial charge in [-0.1, -0.05) is 50.6 Å². The van der Waals surface area contributed by atoms with Crippen molar-refractivity contribution in [2.75, 3.05) is 13.2 Å². The van der Waals surface area contributed by atoms with E-state index in [1.54, 1.807) is 19.2 Å². The Hall–Kier alpha value is -5.20. The van der Waals surface area contributed by atoms with Gasteiger partial charge in [0.15, 0.2) is 17.6 Å². The van der Waals surface area contributed by atoms with Gasteiger partial charge < -0.3 is 15.4 Å². The number of tetrazole rings is 1. The second-order valence-electron chi connectivity index (χ2n) is 13.3. The van der Waals surface area contributed by atoms with Crippen LogP contribution in [0.1, 0.15) is 74.2 Å². The summed E-state index contributed by atoms with van der Waals surface area (Å²) in [6.45, 7) is 5.40. The van der Waals surface area contributed by atoms with Gasteiger partial charge in [0.05, 0.1) is 16.8 Å². The number of halogens is 6. The van der Waals surface area contributed by atoms with Crippen LogP contribution in [-0.4, -0.2) is 82.7 Å². The number of alkyl carbamates (subject to hydrolysis) is 1. The number of aromatic nitrogens is 7. The van der Waals surface area contributed by atoms with Gasteiger partial charge in [0.1, 0.15) is 18.5 Å². The third-order valence-electron chi connectivity index (χ3n) is 8.31. The lowest BCUT2D eigenvalue weighted by atomic mass is 9.92. The Bertz CT molecular complexity index is 1920. The third-order valence-corrected chi connectivity index (χ3v) is 8.63. The van der Waals surface area contributed by atoms with E-state index in [4.69, 9.17) is 21.7 Å². The highest BCUT2D eigenvalue weighted by Gasteiger charge is 2.64. The lowest BCUT2D eigenvalue weighted by Gasteiger charge is -2.33. The van der Waals surface area contributed by atoms with Crippen LogP contribution >= 0.6 is 11.6 Å². The molecule has 0 bridgehead atoms. The molecule has 3 N–H and O–H groups in total. The van der Waals surface area contributed by atoms with Crippen molar-refractivity contribution in [2.24, 2.45) is 12.5 Å². The number of ether oxygens (including phenoxy) is 1. The molecule has 1 aliphatic carbocycles.